The molecule has 2 rings (SSSR count). The molecule has 1 N–H and O–H groups in total. The lowest BCUT2D eigenvalue weighted by Crippen LogP contribution is -2.09. The van der Waals surface area contributed by atoms with Crippen LogP contribution in [0.3, 0.4) is 0 Å². The Bertz CT molecular complexity index is 661. The lowest BCUT2D eigenvalue weighted by atomic mass is 10.1. The van der Waals surface area contributed by atoms with Gasteiger partial charge >= 0.3 is 6.18 Å². The van der Waals surface area contributed by atoms with Crippen molar-refractivity contribution in [3.63, 3.8) is 0 Å². The Balaban J connectivity index is 2.63. The van der Waals surface area contributed by atoms with Crippen molar-refractivity contribution in [2.24, 2.45) is 0 Å². The van der Waals surface area contributed by atoms with Crippen LogP contribution in [-0.4, -0.2) is 9.97 Å². The first-order valence-corrected chi connectivity index (χ1v) is 5.69. The first-order chi connectivity index (χ1) is 8.75. The molecule has 8 heteroatoms. The fourth-order valence-corrected chi connectivity index (χ4v) is 1.89. The van der Waals surface area contributed by atoms with Crippen molar-refractivity contribution < 1.29 is 17.6 Å². The smallest absolute Gasteiger partial charge is 0.327 e. The lowest BCUT2D eigenvalue weighted by molar-refractivity contribution is -0.141. The molecule has 0 spiro atoms. The quantitative estimate of drug-likeness (QED) is 0.615. The second-order valence-electron chi connectivity index (χ2n) is 3.64. The van der Waals surface area contributed by atoms with Gasteiger partial charge in [0.15, 0.2) is 4.77 Å². The third-order valence-electron chi connectivity index (χ3n) is 2.21. The molecule has 0 radical (unpaired) electrons. The molecule has 0 saturated carbocycles. The van der Waals surface area contributed by atoms with Gasteiger partial charge in [-0.1, -0.05) is 11.6 Å². The summed E-state index contributed by atoms with van der Waals surface area (Å²) >= 11 is 10.3. The number of H-pyrrole nitrogens is 1. The van der Waals surface area contributed by atoms with Gasteiger partial charge in [0.05, 0.1) is 5.69 Å². The second kappa shape index (κ2) is 4.90. The summed E-state index contributed by atoms with van der Waals surface area (Å²) in [6, 6.07) is 4.13. The summed E-state index contributed by atoms with van der Waals surface area (Å²) in [7, 11) is 0. The maximum Gasteiger partial charge on any atom is 0.431 e. The van der Waals surface area contributed by atoms with Crippen LogP contribution in [0.2, 0.25) is 5.02 Å². The molecule has 0 unspecified atom stereocenters. The van der Waals surface area contributed by atoms with Gasteiger partial charge in [0, 0.05) is 10.6 Å². The van der Waals surface area contributed by atoms with Crippen molar-refractivity contribution in [1.29, 1.82) is 0 Å². The molecule has 1 heterocycles. The Morgan fingerprint density at radius 2 is 1.84 bits per heavy atom. The van der Waals surface area contributed by atoms with E-state index >= 15 is 0 Å². The minimum atomic E-state index is -4.59. The minimum Gasteiger partial charge on any atom is -0.327 e. The van der Waals surface area contributed by atoms with Gasteiger partial charge in [-0.25, -0.2) is 9.37 Å². The van der Waals surface area contributed by atoms with Gasteiger partial charge < -0.3 is 4.98 Å². The monoisotopic (exact) mass is 308 g/mol. The van der Waals surface area contributed by atoms with Crippen molar-refractivity contribution in [3.05, 3.63) is 45.6 Å². The number of aromatic amines is 1. The van der Waals surface area contributed by atoms with Crippen LogP contribution in [0.15, 0.2) is 24.3 Å². The zero-order valence-corrected chi connectivity index (χ0v) is 10.6. The van der Waals surface area contributed by atoms with Crippen LogP contribution in [0, 0.1) is 10.6 Å². The van der Waals surface area contributed by atoms with E-state index in [9.17, 15) is 17.6 Å². The van der Waals surface area contributed by atoms with Crippen LogP contribution in [0.4, 0.5) is 17.6 Å². The van der Waals surface area contributed by atoms with Crippen molar-refractivity contribution in [2.75, 3.05) is 0 Å². The van der Waals surface area contributed by atoms with Crippen molar-refractivity contribution >= 4 is 23.8 Å². The zero-order chi connectivity index (χ0) is 14.2. The SMILES string of the molecule is Fc1cc(Cl)cc(-c2cc(C(F)(F)F)[nH]c(=S)n2)c1. The standard InChI is InChI=1S/C11H5ClF4N2S/c12-6-1-5(2-7(13)3-6)8-4-9(11(14,15)16)18-10(19)17-8/h1-4H,(H,17,18,19). The molecule has 2 aromatic rings. The predicted molar refractivity (Wildman–Crippen MR) is 64.8 cm³/mol. The van der Waals surface area contributed by atoms with E-state index in [0.717, 1.165) is 18.2 Å². The normalized spacial score (nSPS) is 11.6. The summed E-state index contributed by atoms with van der Waals surface area (Å²) in [6.45, 7) is 0. The molecule has 0 bridgehead atoms. The van der Waals surface area contributed by atoms with Crippen LogP contribution in [0.25, 0.3) is 11.3 Å². The van der Waals surface area contributed by atoms with Gasteiger partial charge in [-0.2, -0.15) is 13.2 Å². The number of hydrogen-bond acceptors (Lipinski definition) is 2. The highest BCUT2D eigenvalue weighted by molar-refractivity contribution is 7.71. The van der Waals surface area contributed by atoms with Crippen LogP contribution in [-0.2, 0) is 6.18 Å². The van der Waals surface area contributed by atoms with Crippen molar-refractivity contribution in [1.82, 2.24) is 9.97 Å². The number of benzene rings is 1. The van der Waals surface area contributed by atoms with E-state index in [1.807, 2.05) is 4.98 Å². The van der Waals surface area contributed by atoms with Crippen LogP contribution >= 0.6 is 23.8 Å². The summed E-state index contributed by atoms with van der Waals surface area (Å²) in [4.78, 5) is 5.67. The Labute approximate surface area is 115 Å². The molecule has 0 aliphatic rings. The molecule has 0 atom stereocenters. The molecular weight excluding hydrogens is 304 g/mol. The molecule has 0 fully saturated rings. The first kappa shape index (κ1) is 14.0. The third-order valence-corrected chi connectivity index (χ3v) is 2.62. The lowest BCUT2D eigenvalue weighted by Gasteiger charge is -2.08. The van der Waals surface area contributed by atoms with Gasteiger partial charge in [0.2, 0.25) is 0 Å². The van der Waals surface area contributed by atoms with Gasteiger partial charge in [0.1, 0.15) is 11.5 Å². The van der Waals surface area contributed by atoms with E-state index in [1.165, 1.54) is 6.07 Å². The maximum atomic E-state index is 13.2. The van der Waals surface area contributed by atoms with E-state index in [1.54, 1.807) is 0 Å². The number of aromatic nitrogens is 2. The molecule has 1 aromatic heterocycles. The molecule has 0 aliphatic heterocycles. The second-order valence-corrected chi connectivity index (χ2v) is 4.46. The zero-order valence-electron chi connectivity index (χ0n) is 9.05. The van der Waals surface area contributed by atoms with Gasteiger partial charge in [-0.3, -0.25) is 0 Å². The van der Waals surface area contributed by atoms with Crippen LogP contribution in [0.1, 0.15) is 5.69 Å². The van der Waals surface area contributed by atoms with Gasteiger partial charge in [-0.15, -0.1) is 0 Å². The average Bonchev–Trinajstić information content (AvgIpc) is 2.25. The van der Waals surface area contributed by atoms with E-state index < -0.39 is 17.7 Å². The minimum absolute atomic E-state index is 0.0594. The molecule has 0 saturated heterocycles. The fourth-order valence-electron chi connectivity index (χ4n) is 1.46. The third kappa shape index (κ3) is 3.30. The van der Waals surface area contributed by atoms with Crippen molar-refractivity contribution in [3.8, 4) is 11.3 Å². The fraction of sp³-hybridized carbons (Fsp3) is 0.0909. The van der Waals surface area contributed by atoms with Crippen LogP contribution < -0.4 is 0 Å². The maximum absolute atomic E-state index is 13.2. The summed E-state index contributed by atoms with van der Waals surface area (Å²) in [5.41, 5.74) is -1.03. The molecule has 0 aliphatic carbocycles. The number of alkyl halides is 3. The predicted octanol–water partition coefficient (Wildman–Crippen LogP) is 4.62. The van der Waals surface area contributed by atoms with Gasteiger partial charge in [-0.05, 0) is 36.5 Å². The summed E-state index contributed by atoms with van der Waals surface area (Å²) in [6.07, 6.45) is -4.59. The van der Waals surface area contributed by atoms with Crippen LogP contribution in [0.5, 0.6) is 0 Å². The molecule has 100 valence electrons. The number of nitrogens with zero attached hydrogens (tertiary/aromatic N) is 1. The number of halogens is 5. The number of hydrogen-bond donors (Lipinski definition) is 1. The Hall–Kier alpha value is -1.47. The number of rotatable bonds is 1. The molecular formula is C11H5ClF4N2S. The Morgan fingerprint density at radius 3 is 2.42 bits per heavy atom. The van der Waals surface area contributed by atoms with Crippen molar-refractivity contribution in [2.45, 2.75) is 6.18 Å². The highest BCUT2D eigenvalue weighted by Gasteiger charge is 2.32. The summed E-state index contributed by atoms with van der Waals surface area (Å²) < 4.78 is 50.7. The molecule has 1 aromatic carbocycles. The van der Waals surface area contributed by atoms with E-state index in [2.05, 4.69) is 17.2 Å². The molecule has 2 nitrogen and oxygen atoms in total. The van der Waals surface area contributed by atoms with E-state index in [-0.39, 0.29) is 21.1 Å². The highest BCUT2D eigenvalue weighted by Crippen LogP contribution is 2.30. The highest BCUT2D eigenvalue weighted by atomic mass is 35.5. The largest absolute Gasteiger partial charge is 0.431 e. The Kier molecular flexibility index (Phi) is 3.60. The topological polar surface area (TPSA) is 28.7 Å². The molecule has 0 amide bonds. The van der Waals surface area contributed by atoms with E-state index in [0.29, 0.717) is 0 Å². The summed E-state index contributed by atoms with van der Waals surface area (Å²) in [5.74, 6) is -0.670. The Morgan fingerprint density at radius 1 is 1.16 bits per heavy atom. The first-order valence-electron chi connectivity index (χ1n) is 4.91. The number of nitrogens with one attached hydrogen (secondary N) is 1. The van der Waals surface area contributed by atoms with Gasteiger partial charge in [0.25, 0.3) is 0 Å². The average molecular weight is 309 g/mol. The summed E-state index contributed by atoms with van der Waals surface area (Å²) in [5, 5.41) is 0.0594. The van der Waals surface area contributed by atoms with E-state index in [4.69, 9.17) is 11.6 Å². The molecule has 19 heavy (non-hydrogen) atoms.